The van der Waals surface area contributed by atoms with Gasteiger partial charge in [-0.3, -0.25) is 0 Å². The fraction of sp³-hybridized carbons (Fsp3) is 0.647. The van der Waals surface area contributed by atoms with Crippen LogP contribution in [-0.2, 0) is 11.8 Å². The van der Waals surface area contributed by atoms with Gasteiger partial charge in [-0.05, 0) is 104 Å². The number of aryl methyl sites for hydroxylation is 1. The van der Waals surface area contributed by atoms with Gasteiger partial charge in [-0.15, -0.1) is 11.3 Å². The van der Waals surface area contributed by atoms with Crippen molar-refractivity contribution in [3.8, 4) is 0 Å². The van der Waals surface area contributed by atoms with Crippen LogP contribution < -0.4 is 0 Å². The molecule has 3 nitrogen and oxygen atoms in total. The molecule has 7 atom stereocenters. The summed E-state index contributed by atoms with van der Waals surface area (Å²) in [5, 5.41) is 31.6. The van der Waals surface area contributed by atoms with E-state index >= 15 is 0 Å². The number of rotatable bonds is 8. The first kappa shape index (κ1) is 28.1. The number of thiophene rings is 1. The van der Waals surface area contributed by atoms with E-state index in [0.29, 0.717) is 30.6 Å². The zero-order valence-corrected chi connectivity index (χ0v) is 24.5. The predicted octanol–water partition coefficient (Wildman–Crippen LogP) is 7.43. The molecule has 4 saturated carbocycles. The minimum Gasteiger partial charge on any atom is -0.393 e. The highest BCUT2D eigenvalue weighted by atomic mass is 32.1. The first-order valence-electron chi connectivity index (χ1n) is 15.1. The molecule has 38 heavy (non-hydrogen) atoms. The molecule has 0 radical (unpaired) electrons. The summed E-state index contributed by atoms with van der Waals surface area (Å²) < 4.78 is 0. The van der Waals surface area contributed by atoms with Gasteiger partial charge >= 0.3 is 0 Å². The molecule has 208 valence electrons. The standard InChI is InChI=1S/C34H48O3S/c1-5-7-27-12-16-32(38-27)34(18-19-34)31(37)15-9-22(2)28-13-14-29-24(8-6-17-33(28,29)4)10-11-25-20-26(35)21-30(36)23(25)3/h9-12,15-16,22,26,28-31,35-37H,3,5-8,13-14,17-21H2,1-2,4H3/b15-9+,24-10+,25-11-/t22-,26-,28-,29+,30+,31-,33-/m1/s1. The van der Waals surface area contributed by atoms with Gasteiger partial charge in [-0.2, -0.15) is 0 Å². The van der Waals surface area contributed by atoms with E-state index in [1.54, 1.807) is 0 Å². The third kappa shape index (κ3) is 5.31. The number of aliphatic hydroxyl groups is 3. The van der Waals surface area contributed by atoms with Crippen molar-refractivity contribution in [1.82, 2.24) is 0 Å². The molecule has 0 aromatic carbocycles. The summed E-state index contributed by atoms with van der Waals surface area (Å²) in [7, 11) is 0. The highest BCUT2D eigenvalue weighted by molar-refractivity contribution is 7.12. The van der Waals surface area contributed by atoms with Crippen LogP contribution in [0.5, 0.6) is 0 Å². The lowest BCUT2D eigenvalue weighted by molar-refractivity contribution is 0.0862. The van der Waals surface area contributed by atoms with Crippen LogP contribution >= 0.6 is 11.3 Å². The second-order valence-electron chi connectivity index (χ2n) is 13.0. The summed E-state index contributed by atoms with van der Waals surface area (Å²) in [5.74, 6) is 1.65. The molecule has 0 aliphatic heterocycles. The lowest BCUT2D eigenvalue weighted by atomic mass is 9.61. The predicted molar refractivity (Wildman–Crippen MR) is 158 cm³/mol. The van der Waals surface area contributed by atoms with Crippen LogP contribution in [-0.4, -0.2) is 33.6 Å². The van der Waals surface area contributed by atoms with Gasteiger partial charge in [0.05, 0.1) is 18.3 Å². The van der Waals surface area contributed by atoms with Crippen LogP contribution in [0.3, 0.4) is 0 Å². The Morgan fingerprint density at radius 3 is 2.66 bits per heavy atom. The summed E-state index contributed by atoms with van der Waals surface area (Å²) in [5.41, 5.74) is 3.53. The molecule has 4 aliphatic rings. The Labute approximate surface area is 234 Å². The highest BCUT2D eigenvalue weighted by Crippen LogP contribution is 2.60. The van der Waals surface area contributed by atoms with E-state index in [1.807, 2.05) is 11.3 Å². The molecule has 3 N–H and O–H groups in total. The van der Waals surface area contributed by atoms with Crippen molar-refractivity contribution >= 4 is 11.3 Å². The van der Waals surface area contributed by atoms with Gasteiger partial charge in [0.2, 0.25) is 0 Å². The molecular formula is C34H48O3S. The Hall–Kier alpha value is -1.46. The van der Waals surface area contributed by atoms with Gasteiger partial charge in [-0.25, -0.2) is 0 Å². The summed E-state index contributed by atoms with van der Waals surface area (Å²) in [6.07, 6.45) is 18.9. The minimum absolute atomic E-state index is 0.0481. The van der Waals surface area contributed by atoms with Crippen molar-refractivity contribution in [3.05, 3.63) is 69.5 Å². The zero-order valence-electron chi connectivity index (χ0n) is 23.7. The van der Waals surface area contributed by atoms with Crippen LogP contribution in [0.15, 0.2) is 59.7 Å². The molecule has 1 aromatic heterocycles. The Morgan fingerprint density at radius 2 is 1.92 bits per heavy atom. The van der Waals surface area contributed by atoms with Gasteiger partial charge in [0, 0.05) is 21.6 Å². The van der Waals surface area contributed by atoms with E-state index in [0.717, 1.165) is 36.8 Å². The number of hydrogen-bond donors (Lipinski definition) is 3. The normalized spacial score (nSPS) is 36.6. The van der Waals surface area contributed by atoms with Crippen molar-refractivity contribution in [2.24, 2.45) is 23.2 Å². The third-order valence-electron chi connectivity index (χ3n) is 10.5. The summed E-state index contributed by atoms with van der Waals surface area (Å²) in [6, 6.07) is 4.53. The van der Waals surface area contributed by atoms with Crippen molar-refractivity contribution in [2.75, 3.05) is 0 Å². The van der Waals surface area contributed by atoms with E-state index in [-0.39, 0.29) is 10.8 Å². The van der Waals surface area contributed by atoms with Crippen LogP contribution in [0.2, 0.25) is 0 Å². The lowest BCUT2D eigenvalue weighted by Crippen LogP contribution is -2.35. The minimum atomic E-state index is -0.633. The van der Waals surface area contributed by atoms with E-state index in [4.69, 9.17) is 0 Å². The fourth-order valence-corrected chi connectivity index (χ4v) is 9.44. The van der Waals surface area contributed by atoms with Crippen LogP contribution in [0.25, 0.3) is 0 Å². The maximum absolute atomic E-state index is 11.3. The molecule has 0 saturated heterocycles. The molecule has 0 amide bonds. The van der Waals surface area contributed by atoms with Gasteiger partial charge in [-0.1, -0.05) is 63.6 Å². The SMILES string of the molecule is C=C1/C(=C\C=C2/CCC[C@]3(C)[C@@H]([C@H](C)/C=C/[C@@H](O)C4(c5ccc(CCC)s5)CC4)CC[C@@H]23)C[C@@H](O)C[C@@H]1O. The Bertz CT molecular complexity index is 1100. The molecule has 4 heteroatoms. The van der Waals surface area contributed by atoms with Crippen molar-refractivity contribution in [1.29, 1.82) is 0 Å². The smallest absolute Gasteiger partial charge is 0.0825 e. The van der Waals surface area contributed by atoms with Gasteiger partial charge in [0.1, 0.15) is 0 Å². The molecular weight excluding hydrogens is 488 g/mol. The second kappa shape index (κ2) is 11.2. The Balaban J connectivity index is 1.27. The van der Waals surface area contributed by atoms with E-state index < -0.39 is 18.3 Å². The van der Waals surface area contributed by atoms with Crippen molar-refractivity contribution in [3.63, 3.8) is 0 Å². The Morgan fingerprint density at radius 1 is 1.13 bits per heavy atom. The molecule has 0 spiro atoms. The first-order chi connectivity index (χ1) is 18.2. The second-order valence-corrected chi connectivity index (χ2v) is 14.2. The van der Waals surface area contributed by atoms with Crippen molar-refractivity contribution in [2.45, 2.75) is 115 Å². The number of hydrogen-bond acceptors (Lipinski definition) is 4. The molecule has 4 aliphatic carbocycles. The maximum atomic E-state index is 11.3. The number of allylic oxidation sites excluding steroid dienone is 4. The largest absolute Gasteiger partial charge is 0.393 e. The van der Waals surface area contributed by atoms with Crippen LogP contribution in [0.4, 0.5) is 0 Å². The highest BCUT2D eigenvalue weighted by Gasteiger charge is 2.52. The molecule has 0 bridgehead atoms. The fourth-order valence-electron chi connectivity index (χ4n) is 8.06. The van der Waals surface area contributed by atoms with Gasteiger partial charge in [0.25, 0.3) is 0 Å². The lowest BCUT2D eigenvalue weighted by Gasteiger charge is -2.44. The molecule has 4 fully saturated rings. The molecule has 1 aromatic rings. The maximum Gasteiger partial charge on any atom is 0.0825 e. The zero-order chi connectivity index (χ0) is 27.1. The van der Waals surface area contributed by atoms with Crippen LogP contribution in [0.1, 0.15) is 94.7 Å². The monoisotopic (exact) mass is 536 g/mol. The molecule has 1 heterocycles. The average Bonchev–Trinajstić information content (AvgIpc) is 3.42. The first-order valence-corrected chi connectivity index (χ1v) is 15.9. The molecule has 0 unspecified atom stereocenters. The van der Waals surface area contributed by atoms with Crippen LogP contribution in [0, 0.1) is 23.2 Å². The number of fused-ring (bicyclic) bond motifs is 1. The Kier molecular flexibility index (Phi) is 8.27. The van der Waals surface area contributed by atoms with E-state index in [9.17, 15) is 15.3 Å². The topological polar surface area (TPSA) is 60.7 Å². The van der Waals surface area contributed by atoms with Gasteiger partial charge < -0.3 is 15.3 Å². The number of aliphatic hydroxyl groups excluding tert-OH is 3. The molecule has 5 rings (SSSR count). The summed E-state index contributed by atoms with van der Waals surface area (Å²) in [4.78, 5) is 2.82. The third-order valence-corrected chi connectivity index (χ3v) is 11.9. The quantitative estimate of drug-likeness (QED) is 0.303. The average molecular weight is 537 g/mol. The van der Waals surface area contributed by atoms with E-state index in [1.165, 1.54) is 47.4 Å². The van der Waals surface area contributed by atoms with Crippen molar-refractivity contribution < 1.29 is 15.3 Å². The van der Waals surface area contributed by atoms with Gasteiger partial charge in [0.15, 0.2) is 0 Å². The summed E-state index contributed by atoms with van der Waals surface area (Å²) in [6.45, 7) is 11.2. The summed E-state index contributed by atoms with van der Waals surface area (Å²) >= 11 is 1.91. The van der Waals surface area contributed by atoms with E-state index in [2.05, 4.69) is 63.8 Å².